The lowest BCUT2D eigenvalue weighted by Crippen LogP contribution is -2.29. The predicted octanol–water partition coefficient (Wildman–Crippen LogP) is 4.39. The van der Waals surface area contributed by atoms with Crippen molar-refractivity contribution in [3.63, 3.8) is 0 Å². The summed E-state index contributed by atoms with van der Waals surface area (Å²) in [5, 5.41) is 4.75. The number of thiazole rings is 1. The van der Waals surface area contributed by atoms with E-state index in [1.54, 1.807) is 0 Å². The van der Waals surface area contributed by atoms with Gasteiger partial charge in [-0.15, -0.1) is 11.3 Å². The molecule has 120 valence electrons. The SMILES string of the molecule is CCCNCc1sc(N(C)CC2CCC2)nc1C(C)CC. The van der Waals surface area contributed by atoms with E-state index in [4.69, 9.17) is 4.98 Å². The molecule has 1 fully saturated rings. The normalized spacial score (nSPS) is 16.8. The summed E-state index contributed by atoms with van der Waals surface area (Å²) >= 11 is 1.89. The summed E-state index contributed by atoms with van der Waals surface area (Å²) in [7, 11) is 2.21. The van der Waals surface area contributed by atoms with Gasteiger partial charge in [-0.05, 0) is 44.1 Å². The third-order valence-corrected chi connectivity index (χ3v) is 5.78. The number of hydrogen-bond acceptors (Lipinski definition) is 4. The molecule has 0 amide bonds. The van der Waals surface area contributed by atoms with Crippen LogP contribution in [0.15, 0.2) is 0 Å². The smallest absolute Gasteiger partial charge is 0.185 e. The summed E-state index contributed by atoms with van der Waals surface area (Å²) in [6.45, 7) is 10.0. The van der Waals surface area contributed by atoms with E-state index in [-0.39, 0.29) is 0 Å². The molecule has 1 aliphatic carbocycles. The molecule has 21 heavy (non-hydrogen) atoms. The molecule has 0 aliphatic heterocycles. The molecule has 0 aromatic carbocycles. The van der Waals surface area contributed by atoms with Gasteiger partial charge >= 0.3 is 0 Å². The first-order valence-corrected chi connectivity index (χ1v) is 9.38. The van der Waals surface area contributed by atoms with Crippen molar-refractivity contribution in [2.24, 2.45) is 5.92 Å². The fourth-order valence-electron chi connectivity index (χ4n) is 2.74. The first kappa shape index (κ1) is 16.8. The van der Waals surface area contributed by atoms with Crippen molar-refractivity contribution in [1.82, 2.24) is 10.3 Å². The summed E-state index contributed by atoms with van der Waals surface area (Å²) in [5.41, 5.74) is 1.32. The van der Waals surface area contributed by atoms with E-state index >= 15 is 0 Å². The molecule has 0 saturated heterocycles. The Bertz CT molecular complexity index is 426. The third kappa shape index (κ3) is 4.43. The highest BCUT2D eigenvalue weighted by molar-refractivity contribution is 7.15. The Morgan fingerprint density at radius 2 is 2.14 bits per heavy atom. The highest BCUT2D eigenvalue weighted by Crippen LogP contribution is 2.34. The van der Waals surface area contributed by atoms with Crippen molar-refractivity contribution in [1.29, 1.82) is 0 Å². The average molecular weight is 310 g/mol. The van der Waals surface area contributed by atoms with E-state index in [2.05, 4.69) is 38.0 Å². The number of nitrogens with zero attached hydrogens (tertiary/aromatic N) is 2. The van der Waals surface area contributed by atoms with E-state index in [1.165, 1.54) is 47.9 Å². The second-order valence-corrected chi connectivity index (χ2v) is 7.53. The van der Waals surface area contributed by atoms with E-state index in [1.807, 2.05) is 11.3 Å². The molecule has 3 nitrogen and oxygen atoms in total. The minimum atomic E-state index is 0.561. The maximum absolute atomic E-state index is 4.98. The molecular weight excluding hydrogens is 278 g/mol. The molecule has 2 rings (SSSR count). The van der Waals surface area contributed by atoms with E-state index < -0.39 is 0 Å². The average Bonchev–Trinajstić information content (AvgIpc) is 2.86. The molecule has 1 aromatic rings. The van der Waals surface area contributed by atoms with Gasteiger partial charge < -0.3 is 10.2 Å². The third-order valence-electron chi connectivity index (χ3n) is 4.59. The lowest BCUT2D eigenvalue weighted by atomic mass is 9.85. The van der Waals surface area contributed by atoms with E-state index in [9.17, 15) is 0 Å². The highest BCUT2D eigenvalue weighted by atomic mass is 32.1. The van der Waals surface area contributed by atoms with Crippen molar-refractivity contribution in [2.75, 3.05) is 25.0 Å². The van der Waals surface area contributed by atoms with Crippen molar-refractivity contribution in [3.8, 4) is 0 Å². The standard InChI is InChI=1S/C17H31N3S/c1-5-10-18-11-15-16(13(3)6-2)19-17(21-15)20(4)12-14-8-7-9-14/h13-14,18H,5-12H2,1-4H3. The number of rotatable bonds is 9. The number of aromatic nitrogens is 1. The molecule has 1 heterocycles. The summed E-state index contributed by atoms with van der Waals surface area (Å²) in [6, 6.07) is 0. The van der Waals surface area contributed by atoms with Crippen LogP contribution in [0.5, 0.6) is 0 Å². The van der Waals surface area contributed by atoms with Gasteiger partial charge in [0.15, 0.2) is 5.13 Å². The zero-order valence-electron chi connectivity index (χ0n) is 14.1. The second kappa shape index (κ2) is 8.14. The van der Waals surface area contributed by atoms with Crippen LogP contribution in [-0.2, 0) is 6.54 Å². The van der Waals surface area contributed by atoms with Crippen LogP contribution in [-0.4, -0.2) is 25.1 Å². The molecule has 4 heteroatoms. The maximum atomic E-state index is 4.98. The summed E-state index contributed by atoms with van der Waals surface area (Å²) in [6.07, 6.45) is 6.57. The van der Waals surface area contributed by atoms with Crippen LogP contribution < -0.4 is 10.2 Å². The maximum Gasteiger partial charge on any atom is 0.185 e. The zero-order valence-corrected chi connectivity index (χ0v) is 14.9. The molecule has 1 unspecified atom stereocenters. The fraction of sp³-hybridized carbons (Fsp3) is 0.824. The quantitative estimate of drug-likeness (QED) is 0.686. The topological polar surface area (TPSA) is 28.2 Å². The Labute approximate surface area is 134 Å². The monoisotopic (exact) mass is 309 g/mol. The van der Waals surface area contributed by atoms with E-state index in [0.29, 0.717) is 5.92 Å². The Balaban J connectivity index is 2.05. The predicted molar refractivity (Wildman–Crippen MR) is 93.4 cm³/mol. The first-order chi connectivity index (χ1) is 10.2. The van der Waals surface area contributed by atoms with Crippen LogP contribution in [0.25, 0.3) is 0 Å². The lowest BCUT2D eigenvalue weighted by Gasteiger charge is -2.29. The van der Waals surface area contributed by atoms with Crippen LogP contribution in [0.1, 0.15) is 69.4 Å². The number of hydrogen-bond donors (Lipinski definition) is 1. The van der Waals surface area contributed by atoms with Gasteiger partial charge in [-0.3, -0.25) is 0 Å². The first-order valence-electron chi connectivity index (χ1n) is 8.57. The molecule has 1 saturated carbocycles. The highest BCUT2D eigenvalue weighted by Gasteiger charge is 2.22. The van der Waals surface area contributed by atoms with Gasteiger partial charge in [0.25, 0.3) is 0 Å². The Kier molecular flexibility index (Phi) is 6.49. The molecule has 1 N–H and O–H groups in total. The molecular formula is C17H31N3S. The van der Waals surface area contributed by atoms with Crippen molar-refractivity contribution >= 4 is 16.5 Å². The van der Waals surface area contributed by atoms with Gasteiger partial charge in [-0.1, -0.05) is 27.2 Å². The molecule has 0 spiro atoms. The molecule has 1 atom stereocenters. The van der Waals surface area contributed by atoms with Crippen molar-refractivity contribution < 1.29 is 0 Å². The summed E-state index contributed by atoms with van der Waals surface area (Å²) in [5.74, 6) is 1.46. The Morgan fingerprint density at radius 3 is 2.71 bits per heavy atom. The summed E-state index contributed by atoms with van der Waals surface area (Å²) < 4.78 is 0. The molecule has 1 aliphatic rings. The largest absolute Gasteiger partial charge is 0.351 e. The van der Waals surface area contributed by atoms with Crippen LogP contribution in [0.2, 0.25) is 0 Å². The van der Waals surface area contributed by atoms with Crippen LogP contribution in [0, 0.1) is 5.92 Å². The minimum absolute atomic E-state index is 0.561. The Hall–Kier alpha value is -0.610. The summed E-state index contributed by atoms with van der Waals surface area (Å²) in [4.78, 5) is 8.79. The van der Waals surface area contributed by atoms with Crippen LogP contribution in [0.3, 0.4) is 0 Å². The van der Waals surface area contributed by atoms with Gasteiger partial charge in [0.1, 0.15) is 0 Å². The lowest BCUT2D eigenvalue weighted by molar-refractivity contribution is 0.321. The minimum Gasteiger partial charge on any atom is -0.351 e. The van der Waals surface area contributed by atoms with Crippen molar-refractivity contribution in [2.45, 2.75) is 65.3 Å². The second-order valence-electron chi connectivity index (χ2n) is 6.47. The molecule has 0 bridgehead atoms. The van der Waals surface area contributed by atoms with Gasteiger partial charge in [-0.25, -0.2) is 4.98 Å². The number of nitrogens with one attached hydrogen (secondary N) is 1. The molecule has 1 aromatic heterocycles. The number of anilines is 1. The van der Waals surface area contributed by atoms with E-state index in [0.717, 1.165) is 25.4 Å². The van der Waals surface area contributed by atoms with Gasteiger partial charge in [0, 0.05) is 25.0 Å². The van der Waals surface area contributed by atoms with Gasteiger partial charge in [0.2, 0.25) is 0 Å². The van der Waals surface area contributed by atoms with Crippen LogP contribution in [0.4, 0.5) is 5.13 Å². The fourth-order valence-corrected chi connectivity index (χ4v) is 3.86. The van der Waals surface area contributed by atoms with Crippen LogP contribution >= 0.6 is 11.3 Å². The zero-order chi connectivity index (χ0) is 15.2. The van der Waals surface area contributed by atoms with Gasteiger partial charge in [0.05, 0.1) is 5.69 Å². The molecule has 0 radical (unpaired) electrons. The Morgan fingerprint density at radius 1 is 1.38 bits per heavy atom. The van der Waals surface area contributed by atoms with Gasteiger partial charge in [-0.2, -0.15) is 0 Å². The van der Waals surface area contributed by atoms with Crippen molar-refractivity contribution in [3.05, 3.63) is 10.6 Å².